The van der Waals surface area contributed by atoms with Crippen LogP contribution >= 0.6 is 0 Å². The van der Waals surface area contributed by atoms with Crippen LogP contribution in [0.2, 0.25) is 0 Å². The van der Waals surface area contributed by atoms with Crippen molar-refractivity contribution >= 4 is 5.91 Å². The van der Waals surface area contributed by atoms with Crippen LogP contribution in [0.3, 0.4) is 0 Å². The lowest BCUT2D eigenvalue weighted by atomic mass is 9.78. The van der Waals surface area contributed by atoms with Gasteiger partial charge in [0.15, 0.2) is 11.5 Å². The lowest BCUT2D eigenvalue weighted by molar-refractivity contribution is 0.0942. The molecule has 3 rings (SSSR count). The van der Waals surface area contributed by atoms with Gasteiger partial charge in [0.05, 0.1) is 21.3 Å². The predicted octanol–water partition coefficient (Wildman–Crippen LogP) is 3.95. The normalized spacial score (nSPS) is 15.2. The van der Waals surface area contributed by atoms with Crippen LogP contribution in [0.1, 0.15) is 41.6 Å². The number of ether oxygens (including phenoxy) is 3. The molecule has 1 fully saturated rings. The van der Waals surface area contributed by atoms with Crippen molar-refractivity contribution in [3.05, 3.63) is 53.6 Å². The summed E-state index contributed by atoms with van der Waals surface area (Å²) >= 11 is 0. The third kappa shape index (κ3) is 4.02. The molecule has 0 heterocycles. The molecule has 0 spiro atoms. The molecule has 5 heteroatoms. The second-order valence-corrected chi connectivity index (χ2v) is 6.97. The van der Waals surface area contributed by atoms with Crippen LogP contribution in [0.4, 0.5) is 0 Å². The molecule has 1 amide bonds. The van der Waals surface area contributed by atoms with Crippen molar-refractivity contribution < 1.29 is 19.0 Å². The van der Waals surface area contributed by atoms with Crippen molar-refractivity contribution in [3.63, 3.8) is 0 Å². The maximum Gasteiger partial charge on any atom is 0.251 e. The molecule has 2 aromatic carbocycles. The molecule has 1 saturated carbocycles. The molecule has 0 unspecified atom stereocenters. The molecule has 144 valence electrons. The number of hydrogen-bond acceptors (Lipinski definition) is 4. The van der Waals surface area contributed by atoms with E-state index in [1.165, 1.54) is 18.4 Å². The summed E-state index contributed by atoms with van der Waals surface area (Å²) in [6.45, 7) is 0.618. The Morgan fingerprint density at radius 1 is 0.926 bits per heavy atom. The number of hydrogen-bond donors (Lipinski definition) is 1. The number of carbonyl (C=O) groups excluding carboxylic acids is 1. The van der Waals surface area contributed by atoms with E-state index in [0.717, 1.165) is 18.6 Å². The third-order valence-corrected chi connectivity index (χ3v) is 5.50. The molecule has 1 aliphatic carbocycles. The minimum absolute atomic E-state index is 0.0154. The molecule has 0 radical (unpaired) electrons. The first-order valence-corrected chi connectivity index (χ1v) is 9.26. The molecule has 1 N–H and O–H groups in total. The van der Waals surface area contributed by atoms with Gasteiger partial charge in [-0.15, -0.1) is 0 Å². The Kier molecular flexibility index (Phi) is 5.89. The molecule has 0 aliphatic heterocycles. The molecule has 0 saturated heterocycles. The zero-order chi connectivity index (χ0) is 19.3. The Bertz CT molecular complexity index is 779. The fourth-order valence-corrected chi connectivity index (χ4v) is 3.89. The van der Waals surface area contributed by atoms with Gasteiger partial charge in [-0.3, -0.25) is 4.79 Å². The molecule has 27 heavy (non-hydrogen) atoms. The van der Waals surface area contributed by atoms with E-state index in [0.29, 0.717) is 23.6 Å². The van der Waals surface area contributed by atoms with Gasteiger partial charge in [0.2, 0.25) is 0 Å². The number of benzene rings is 2. The van der Waals surface area contributed by atoms with E-state index >= 15 is 0 Å². The van der Waals surface area contributed by atoms with Gasteiger partial charge in [0.25, 0.3) is 5.91 Å². The maximum absolute atomic E-state index is 12.7. The first kappa shape index (κ1) is 19.1. The molecular formula is C22H27NO4. The van der Waals surface area contributed by atoms with Gasteiger partial charge < -0.3 is 19.5 Å². The van der Waals surface area contributed by atoms with Crippen LogP contribution in [0.25, 0.3) is 0 Å². The predicted molar refractivity (Wildman–Crippen MR) is 105 cm³/mol. The van der Waals surface area contributed by atoms with Crippen LogP contribution in [0, 0.1) is 0 Å². The Morgan fingerprint density at radius 3 is 2.19 bits per heavy atom. The Labute approximate surface area is 160 Å². The van der Waals surface area contributed by atoms with Gasteiger partial charge in [-0.25, -0.2) is 0 Å². The lowest BCUT2D eigenvalue weighted by Gasteiger charge is -2.30. The van der Waals surface area contributed by atoms with Crippen molar-refractivity contribution in [1.29, 1.82) is 0 Å². The van der Waals surface area contributed by atoms with E-state index in [4.69, 9.17) is 14.2 Å². The van der Waals surface area contributed by atoms with E-state index in [1.807, 2.05) is 12.1 Å². The van der Waals surface area contributed by atoms with Crippen LogP contribution in [-0.4, -0.2) is 33.8 Å². The van der Waals surface area contributed by atoms with Gasteiger partial charge in [0.1, 0.15) is 5.75 Å². The Balaban J connectivity index is 1.75. The van der Waals surface area contributed by atoms with E-state index in [-0.39, 0.29) is 11.3 Å². The standard InChI is InChI=1S/C22H27NO4/c1-25-18-9-7-17(8-10-18)22(12-4-5-13-22)15-23-21(24)16-6-11-19(26-2)20(14-16)27-3/h6-11,14H,4-5,12-13,15H2,1-3H3,(H,23,24). The van der Waals surface area contributed by atoms with E-state index in [2.05, 4.69) is 17.4 Å². The number of carbonyl (C=O) groups is 1. The molecule has 0 atom stereocenters. The van der Waals surface area contributed by atoms with Gasteiger partial charge in [-0.05, 0) is 48.7 Å². The number of nitrogens with one attached hydrogen (secondary N) is 1. The highest BCUT2D eigenvalue weighted by Gasteiger charge is 2.36. The average Bonchev–Trinajstić information content (AvgIpc) is 3.21. The maximum atomic E-state index is 12.7. The summed E-state index contributed by atoms with van der Waals surface area (Å²) in [6.07, 6.45) is 4.51. The van der Waals surface area contributed by atoms with Crippen molar-refractivity contribution in [2.45, 2.75) is 31.1 Å². The second kappa shape index (κ2) is 8.33. The summed E-state index contributed by atoms with van der Waals surface area (Å²) in [5.41, 5.74) is 1.81. The topological polar surface area (TPSA) is 56.8 Å². The molecular weight excluding hydrogens is 342 g/mol. The molecule has 2 aromatic rings. The van der Waals surface area contributed by atoms with Crippen molar-refractivity contribution in [2.75, 3.05) is 27.9 Å². The average molecular weight is 369 g/mol. The number of amides is 1. The summed E-state index contributed by atoms with van der Waals surface area (Å²) in [5.74, 6) is 1.91. The summed E-state index contributed by atoms with van der Waals surface area (Å²) in [5, 5.41) is 3.13. The van der Waals surface area contributed by atoms with Crippen molar-refractivity contribution in [2.24, 2.45) is 0 Å². The van der Waals surface area contributed by atoms with Crippen molar-refractivity contribution in [3.8, 4) is 17.2 Å². The quantitative estimate of drug-likeness (QED) is 0.803. The highest BCUT2D eigenvalue weighted by Crippen LogP contribution is 2.41. The highest BCUT2D eigenvalue weighted by atomic mass is 16.5. The van der Waals surface area contributed by atoms with Crippen molar-refractivity contribution in [1.82, 2.24) is 5.32 Å². The van der Waals surface area contributed by atoms with E-state index in [1.54, 1.807) is 39.5 Å². The van der Waals surface area contributed by atoms with E-state index < -0.39 is 0 Å². The molecule has 1 aliphatic rings. The minimum atomic E-state index is -0.101. The van der Waals surface area contributed by atoms with Gasteiger partial charge in [-0.2, -0.15) is 0 Å². The fraction of sp³-hybridized carbons (Fsp3) is 0.409. The monoisotopic (exact) mass is 369 g/mol. The zero-order valence-electron chi connectivity index (χ0n) is 16.2. The van der Waals surface area contributed by atoms with Crippen LogP contribution in [-0.2, 0) is 5.41 Å². The molecule has 5 nitrogen and oxygen atoms in total. The Hall–Kier alpha value is -2.69. The van der Waals surface area contributed by atoms with Gasteiger partial charge >= 0.3 is 0 Å². The fourth-order valence-electron chi connectivity index (χ4n) is 3.89. The smallest absolute Gasteiger partial charge is 0.251 e. The lowest BCUT2D eigenvalue weighted by Crippen LogP contribution is -2.39. The highest BCUT2D eigenvalue weighted by molar-refractivity contribution is 5.95. The third-order valence-electron chi connectivity index (χ3n) is 5.50. The minimum Gasteiger partial charge on any atom is -0.497 e. The van der Waals surface area contributed by atoms with Gasteiger partial charge in [0, 0.05) is 17.5 Å². The second-order valence-electron chi connectivity index (χ2n) is 6.97. The van der Waals surface area contributed by atoms with E-state index in [9.17, 15) is 4.79 Å². The summed E-state index contributed by atoms with van der Waals surface area (Å²) < 4.78 is 15.8. The summed E-state index contributed by atoms with van der Waals surface area (Å²) in [4.78, 5) is 12.7. The van der Waals surface area contributed by atoms with Crippen LogP contribution in [0.5, 0.6) is 17.2 Å². The first-order valence-electron chi connectivity index (χ1n) is 9.26. The molecule has 0 bridgehead atoms. The zero-order valence-corrected chi connectivity index (χ0v) is 16.2. The SMILES string of the molecule is COc1ccc(C2(CNC(=O)c3ccc(OC)c(OC)c3)CCCC2)cc1. The number of methoxy groups -OCH3 is 3. The number of rotatable bonds is 7. The summed E-state index contributed by atoms with van der Waals surface area (Å²) in [6, 6.07) is 13.4. The van der Waals surface area contributed by atoms with Crippen LogP contribution < -0.4 is 19.5 Å². The largest absolute Gasteiger partial charge is 0.497 e. The van der Waals surface area contributed by atoms with Crippen LogP contribution in [0.15, 0.2) is 42.5 Å². The van der Waals surface area contributed by atoms with Gasteiger partial charge in [-0.1, -0.05) is 25.0 Å². The molecule has 0 aromatic heterocycles. The first-order chi connectivity index (χ1) is 13.1. The summed E-state index contributed by atoms with van der Waals surface area (Å²) in [7, 11) is 4.82. The Morgan fingerprint density at radius 2 is 1.59 bits per heavy atom.